The normalized spacial score (nSPS) is 19.6. The molecule has 18 heavy (non-hydrogen) atoms. The van der Waals surface area contributed by atoms with Crippen LogP contribution < -0.4 is 4.90 Å². The number of nitro benzene ring substituents is 1. The fourth-order valence-electron chi connectivity index (χ4n) is 2.20. The molecule has 6 heteroatoms. The number of aliphatic hydroxyl groups excluding tert-OH is 1. The number of aldehydes is 1. The van der Waals surface area contributed by atoms with Crippen molar-refractivity contribution < 1.29 is 14.8 Å². The number of nitrogens with zero attached hydrogens (tertiary/aromatic N) is 2. The number of piperidine rings is 1. The zero-order chi connectivity index (χ0) is 13.1. The van der Waals surface area contributed by atoms with E-state index in [2.05, 4.69) is 0 Å². The first-order valence-electron chi connectivity index (χ1n) is 5.78. The third-order valence-corrected chi connectivity index (χ3v) is 3.07. The van der Waals surface area contributed by atoms with Gasteiger partial charge in [0.15, 0.2) is 0 Å². The fraction of sp³-hybridized carbons (Fsp3) is 0.417. The summed E-state index contributed by atoms with van der Waals surface area (Å²) in [6.45, 7) is 1.07. The molecule has 1 heterocycles. The van der Waals surface area contributed by atoms with Crippen molar-refractivity contribution in [3.8, 4) is 0 Å². The van der Waals surface area contributed by atoms with E-state index in [1.165, 1.54) is 6.07 Å². The molecule has 1 aliphatic rings. The molecule has 0 aromatic heterocycles. The van der Waals surface area contributed by atoms with Crippen molar-refractivity contribution >= 4 is 17.7 Å². The topological polar surface area (TPSA) is 83.7 Å². The predicted octanol–water partition coefficient (Wildman–Crippen LogP) is 1.37. The largest absolute Gasteiger partial charge is 0.391 e. The van der Waals surface area contributed by atoms with Gasteiger partial charge in [0, 0.05) is 24.7 Å². The van der Waals surface area contributed by atoms with Crippen LogP contribution in [-0.4, -0.2) is 35.5 Å². The highest BCUT2D eigenvalue weighted by atomic mass is 16.6. The number of benzene rings is 1. The van der Waals surface area contributed by atoms with Gasteiger partial charge in [0.1, 0.15) is 12.0 Å². The Labute approximate surface area is 104 Å². The lowest BCUT2D eigenvalue weighted by Gasteiger charge is -2.31. The molecule has 1 aliphatic heterocycles. The number of nitro groups is 1. The van der Waals surface area contributed by atoms with Crippen LogP contribution in [0.15, 0.2) is 18.2 Å². The quantitative estimate of drug-likeness (QED) is 0.497. The zero-order valence-corrected chi connectivity index (χ0v) is 9.78. The van der Waals surface area contributed by atoms with E-state index in [0.717, 1.165) is 12.8 Å². The first kappa shape index (κ1) is 12.5. The average Bonchev–Trinajstić information content (AvgIpc) is 2.38. The second-order valence-electron chi connectivity index (χ2n) is 4.37. The number of rotatable bonds is 3. The Kier molecular flexibility index (Phi) is 3.57. The second kappa shape index (κ2) is 5.14. The number of hydrogen-bond acceptors (Lipinski definition) is 5. The average molecular weight is 250 g/mol. The first-order valence-corrected chi connectivity index (χ1v) is 5.78. The van der Waals surface area contributed by atoms with Crippen molar-refractivity contribution in [2.45, 2.75) is 18.9 Å². The highest BCUT2D eigenvalue weighted by Gasteiger charge is 2.24. The molecule has 2 rings (SSSR count). The van der Waals surface area contributed by atoms with Crippen molar-refractivity contribution in [1.82, 2.24) is 0 Å². The van der Waals surface area contributed by atoms with Crippen LogP contribution in [0, 0.1) is 10.1 Å². The summed E-state index contributed by atoms with van der Waals surface area (Å²) in [4.78, 5) is 23.0. The first-order chi connectivity index (χ1) is 8.61. The lowest BCUT2D eigenvalue weighted by Crippen LogP contribution is -2.38. The van der Waals surface area contributed by atoms with Crippen LogP contribution in [0.3, 0.4) is 0 Å². The molecule has 1 saturated heterocycles. The molecular formula is C12H14N2O4. The monoisotopic (exact) mass is 250 g/mol. The Morgan fingerprint density at radius 1 is 1.50 bits per heavy atom. The Morgan fingerprint density at radius 2 is 2.28 bits per heavy atom. The maximum absolute atomic E-state index is 11.0. The summed E-state index contributed by atoms with van der Waals surface area (Å²) in [5.74, 6) is 0. The molecule has 6 nitrogen and oxygen atoms in total. The molecule has 0 radical (unpaired) electrons. The molecule has 1 aromatic carbocycles. The lowest BCUT2D eigenvalue weighted by molar-refractivity contribution is -0.384. The van der Waals surface area contributed by atoms with Crippen LogP contribution in [0.2, 0.25) is 0 Å². The number of aliphatic hydroxyl groups is 1. The lowest BCUT2D eigenvalue weighted by atomic mass is 10.1. The zero-order valence-electron chi connectivity index (χ0n) is 9.78. The van der Waals surface area contributed by atoms with Crippen LogP contribution >= 0.6 is 0 Å². The van der Waals surface area contributed by atoms with Crippen molar-refractivity contribution in [1.29, 1.82) is 0 Å². The van der Waals surface area contributed by atoms with Crippen molar-refractivity contribution in [2.24, 2.45) is 0 Å². The maximum Gasteiger partial charge on any atom is 0.293 e. The summed E-state index contributed by atoms with van der Waals surface area (Å²) in [5.41, 5.74) is 0.654. The number of hydrogen-bond donors (Lipinski definition) is 1. The van der Waals surface area contributed by atoms with Crippen LogP contribution in [0.4, 0.5) is 11.4 Å². The molecule has 1 fully saturated rings. The van der Waals surface area contributed by atoms with Gasteiger partial charge in [0.25, 0.3) is 5.69 Å². The van der Waals surface area contributed by atoms with Crippen LogP contribution in [-0.2, 0) is 0 Å². The minimum absolute atomic E-state index is 0.0892. The predicted molar refractivity (Wildman–Crippen MR) is 65.9 cm³/mol. The molecule has 0 aliphatic carbocycles. The molecule has 0 saturated carbocycles. The van der Waals surface area contributed by atoms with Gasteiger partial charge in [-0.25, -0.2) is 0 Å². The van der Waals surface area contributed by atoms with E-state index in [-0.39, 0.29) is 11.3 Å². The van der Waals surface area contributed by atoms with Gasteiger partial charge in [-0.1, -0.05) is 0 Å². The van der Waals surface area contributed by atoms with Crippen LogP contribution in [0.25, 0.3) is 0 Å². The molecule has 1 unspecified atom stereocenters. The molecular weight excluding hydrogens is 236 g/mol. The van der Waals surface area contributed by atoms with Gasteiger partial charge in [-0.2, -0.15) is 0 Å². The molecule has 0 amide bonds. The Hall–Kier alpha value is -1.95. The van der Waals surface area contributed by atoms with Gasteiger partial charge < -0.3 is 10.0 Å². The third kappa shape index (κ3) is 2.48. The van der Waals surface area contributed by atoms with Crippen molar-refractivity contribution in [3.63, 3.8) is 0 Å². The molecule has 1 aromatic rings. The molecule has 0 spiro atoms. The highest BCUT2D eigenvalue weighted by molar-refractivity contribution is 5.79. The van der Waals surface area contributed by atoms with E-state index in [1.807, 2.05) is 0 Å². The Bertz CT molecular complexity index is 475. The number of β-amino-alcohol motifs (C(OH)–C–C–N with tert-alkyl or cyclic N) is 1. The number of carbonyl (C=O) groups is 1. The minimum Gasteiger partial charge on any atom is -0.391 e. The summed E-state index contributed by atoms with van der Waals surface area (Å²) < 4.78 is 0. The molecule has 0 bridgehead atoms. The maximum atomic E-state index is 11.0. The van der Waals surface area contributed by atoms with E-state index in [4.69, 9.17) is 0 Å². The summed E-state index contributed by atoms with van der Waals surface area (Å²) in [6.07, 6.45) is 1.65. The van der Waals surface area contributed by atoms with E-state index < -0.39 is 11.0 Å². The highest BCUT2D eigenvalue weighted by Crippen LogP contribution is 2.30. The van der Waals surface area contributed by atoms with E-state index in [9.17, 15) is 20.0 Å². The van der Waals surface area contributed by atoms with Gasteiger partial charge in [-0.15, -0.1) is 0 Å². The second-order valence-corrected chi connectivity index (χ2v) is 4.37. The van der Waals surface area contributed by atoms with Gasteiger partial charge in [-0.05, 0) is 25.0 Å². The van der Waals surface area contributed by atoms with Crippen LogP contribution in [0.1, 0.15) is 23.2 Å². The van der Waals surface area contributed by atoms with Gasteiger partial charge >= 0.3 is 0 Å². The van der Waals surface area contributed by atoms with Crippen molar-refractivity contribution in [2.75, 3.05) is 18.0 Å². The SMILES string of the molecule is O=Cc1ccc(N2CCCC(O)C2)c([N+](=O)[O-])c1. The van der Waals surface area contributed by atoms with Gasteiger partial charge in [-0.3, -0.25) is 14.9 Å². The van der Waals surface area contributed by atoms with Gasteiger partial charge in [0.2, 0.25) is 0 Å². The van der Waals surface area contributed by atoms with Crippen LogP contribution in [0.5, 0.6) is 0 Å². The Balaban J connectivity index is 2.36. The third-order valence-electron chi connectivity index (χ3n) is 3.07. The van der Waals surface area contributed by atoms with E-state index >= 15 is 0 Å². The molecule has 1 atom stereocenters. The van der Waals surface area contributed by atoms with Crippen molar-refractivity contribution in [3.05, 3.63) is 33.9 Å². The minimum atomic E-state index is -0.497. The summed E-state index contributed by atoms with van der Waals surface area (Å²) >= 11 is 0. The standard InChI is InChI=1S/C12H14N2O4/c15-8-9-3-4-11(12(6-9)14(17)18)13-5-1-2-10(16)7-13/h3-4,6,8,10,16H,1-2,5,7H2. The van der Waals surface area contributed by atoms with E-state index in [0.29, 0.717) is 25.1 Å². The summed E-state index contributed by atoms with van der Waals surface area (Å²) in [6, 6.07) is 4.39. The fourth-order valence-corrected chi connectivity index (χ4v) is 2.20. The summed E-state index contributed by atoms with van der Waals surface area (Å²) in [5, 5.41) is 20.6. The number of anilines is 1. The summed E-state index contributed by atoms with van der Waals surface area (Å²) in [7, 11) is 0. The Morgan fingerprint density at radius 3 is 2.89 bits per heavy atom. The smallest absolute Gasteiger partial charge is 0.293 e. The molecule has 1 N–H and O–H groups in total. The van der Waals surface area contributed by atoms with Gasteiger partial charge in [0.05, 0.1) is 11.0 Å². The number of carbonyl (C=O) groups excluding carboxylic acids is 1. The molecule has 96 valence electrons. The van der Waals surface area contributed by atoms with E-state index in [1.54, 1.807) is 17.0 Å².